The van der Waals surface area contributed by atoms with Crippen LogP contribution in [0.25, 0.3) is 0 Å². The van der Waals surface area contributed by atoms with Crippen molar-refractivity contribution in [3.63, 3.8) is 0 Å². The minimum Gasteiger partial charge on any atom is -0.508 e. The van der Waals surface area contributed by atoms with Crippen molar-refractivity contribution in [2.24, 2.45) is 0 Å². The van der Waals surface area contributed by atoms with Gasteiger partial charge in [0.15, 0.2) is 0 Å². The largest absolute Gasteiger partial charge is 0.508 e. The third-order valence-electron chi connectivity index (χ3n) is 4.27. The Bertz CT molecular complexity index is 449. The predicted octanol–water partition coefficient (Wildman–Crippen LogP) is 1.60. The smallest absolute Gasteiger partial charge is 0.122 e. The average molecular weight is 330 g/mol. The van der Waals surface area contributed by atoms with Crippen LogP contribution < -0.4 is 10.2 Å². The van der Waals surface area contributed by atoms with Crippen LogP contribution >= 0.6 is 12.4 Å². The molecule has 1 fully saturated rings. The van der Waals surface area contributed by atoms with Crippen LogP contribution in [0.1, 0.15) is 25.5 Å². The normalized spacial score (nSPS) is 16.9. The maximum absolute atomic E-state index is 10.4. The molecule has 1 aliphatic heterocycles. The second-order valence-corrected chi connectivity index (χ2v) is 5.40. The highest BCUT2D eigenvalue weighted by atomic mass is 35.5. The number of nitrogens with one attached hydrogen (secondary N) is 1. The molecular weight excluding hydrogens is 302 g/mol. The van der Waals surface area contributed by atoms with Gasteiger partial charge in [0.1, 0.15) is 5.75 Å². The van der Waals surface area contributed by atoms with Crippen LogP contribution in [0.5, 0.6) is 5.75 Å². The summed E-state index contributed by atoms with van der Waals surface area (Å²) in [4.78, 5) is 4.42. The number of aliphatic hydroxyl groups is 1. The molecule has 0 spiro atoms. The van der Waals surface area contributed by atoms with E-state index in [1.54, 1.807) is 0 Å². The molecule has 0 unspecified atom stereocenters. The van der Waals surface area contributed by atoms with Crippen LogP contribution in [0.15, 0.2) is 18.2 Å². The molecule has 1 saturated heterocycles. The zero-order chi connectivity index (χ0) is 15.2. The van der Waals surface area contributed by atoms with Gasteiger partial charge in [0.05, 0.1) is 12.6 Å². The first-order valence-corrected chi connectivity index (χ1v) is 7.84. The summed E-state index contributed by atoms with van der Waals surface area (Å²) >= 11 is 0. The Hall–Kier alpha value is -1.01. The van der Waals surface area contributed by atoms with Gasteiger partial charge in [-0.05, 0) is 19.9 Å². The summed E-state index contributed by atoms with van der Waals surface area (Å²) in [5.41, 5.74) is 1.84. The molecule has 3 N–H and O–H groups in total. The van der Waals surface area contributed by atoms with Gasteiger partial charge in [0.2, 0.25) is 0 Å². The topological polar surface area (TPSA) is 59.0 Å². The quantitative estimate of drug-likeness (QED) is 0.740. The van der Waals surface area contributed by atoms with Crippen LogP contribution in [0, 0.1) is 0 Å². The number of hydrogen-bond acceptors (Lipinski definition) is 5. The summed E-state index contributed by atoms with van der Waals surface area (Å²) in [6.45, 7) is 9.69. The van der Waals surface area contributed by atoms with Crippen LogP contribution in [0.4, 0.5) is 5.69 Å². The second-order valence-electron chi connectivity index (χ2n) is 5.40. The Labute approximate surface area is 139 Å². The molecule has 0 aromatic heterocycles. The third-order valence-corrected chi connectivity index (χ3v) is 4.27. The van der Waals surface area contributed by atoms with Gasteiger partial charge in [-0.15, -0.1) is 12.4 Å². The molecule has 0 aliphatic carbocycles. The van der Waals surface area contributed by atoms with Gasteiger partial charge < -0.3 is 20.4 Å². The van der Waals surface area contributed by atoms with E-state index in [2.05, 4.69) is 29.0 Å². The molecular formula is C16H28ClN3O2. The average Bonchev–Trinajstić information content (AvgIpc) is 2.52. The van der Waals surface area contributed by atoms with Crippen molar-refractivity contribution in [3.8, 4) is 5.75 Å². The number of hydrogen-bond donors (Lipinski definition) is 3. The number of halogens is 1. The molecule has 1 atom stereocenters. The Morgan fingerprint density at radius 1 is 1.23 bits per heavy atom. The van der Waals surface area contributed by atoms with E-state index in [0.29, 0.717) is 0 Å². The van der Waals surface area contributed by atoms with E-state index in [1.165, 1.54) is 0 Å². The van der Waals surface area contributed by atoms with Crippen LogP contribution in [-0.4, -0.2) is 61.0 Å². The van der Waals surface area contributed by atoms with Gasteiger partial charge in [-0.1, -0.05) is 6.07 Å². The first kappa shape index (κ1) is 19.0. The van der Waals surface area contributed by atoms with Gasteiger partial charge in [-0.3, -0.25) is 4.90 Å². The molecule has 0 amide bonds. The van der Waals surface area contributed by atoms with Crippen molar-refractivity contribution in [1.82, 2.24) is 10.2 Å². The number of rotatable bonds is 6. The monoisotopic (exact) mass is 329 g/mol. The van der Waals surface area contributed by atoms with Crippen molar-refractivity contribution in [3.05, 3.63) is 23.8 Å². The fourth-order valence-corrected chi connectivity index (χ4v) is 3.00. The lowest BCUT2D eigenvalue weighted by molar-refractivity contribution is 0.109. The first-order valence-electron chi connectivity index (χ1n) is 7.84. The SMILES string of the molecule is CCN(CC)c1ccc([C@H](CO)N2CCNCC2)c(O)c1.Cl. The predicted molar refractivity (Wildman–Crippen MR) is 93.2 cm³/mol. The molecule has 1 heterocycles. The Kier molecular flexibility index (Phi) is 7.96. The zero-order valence-corrected chi connectivity index (χ0v) is 14.3. The first-order chi connectivity index (χ1) is 10.2. The highest BCUT2D eigenvalue weighted by Crippen LogP contribution is 2.32. The van der Waals surface area contributed by atoms with E-state index in [4.69, 9.17) is 0 Å². The number of nitrogens with zero attached hydrogens (tertiary/aromatic N) is 2. The molecule has 22 heavy (non-hydrogen) atoms. The number of aliphatic hydroxyl groups excluding tert-OH is 1. The minimum atomic E-state index is -0.127. The van der Waals surface area contributed by atoms with Gasteiger partial charge in [0.25, 0.3) is 0 Å². The second kappa shape index (κ2) is 9.20. The van der Waals surface area contributed by atoms with E-state index in [0.717, 1.165) is 50.5 Å². The number of aromatic hydroxyl groups is 1. The summed E-state index contributed by atoms with van der Waals surface area (Å²) < 4.78 is 0. The lowest BCUT2D eigenvalue weighted by atomic mass is 10.0. The Morgan fingerprint density at radius 3 is 2.36 bits per heavy atom. The van der Waals surface area contributed by atoms with E-state index in [-0.39, 0.29) is 30.8 Å². The van der Waals surface area contributed by atoms with Crippen LogP contribution in [-0.2, 0) is 0 Å². The molecule has 126 valence electrons. The maximum Gasteiger partial charge on any atom is 0.122 e. The lowest BCUT2D eigenvalue weighted by Gasteiger charge is -2.34. The fraction of sp³-hybridized carbons (Fsp3) is 0.625. The zero-order valence-electron chi connectivity index (χ0n) is 13.5. The molecule has 0 radical (unpaired) electrons. The van der Waals surface area contributed by atoms with Gasteiger partial charge >= 0.3 is 0 Å². The van der Waals surface area contributed by atoms with Crippen molar-refractivity contribution in [1.29, 1.82) is 0 Å². The van der Waals surface area contributed by atoms with Crippen molar-refractivity contribution in [2.75, 3.05) is 50.8 Å². The molecule has 0 saturated carbocycles. The molecule has 1 aliphatic rings. The Morgan fingerprint density at radius 2 is 1.86 bits per heavy atom. The van der Waals surface area contributed by atoms with E-state index in [1.807, 2.05) is 18.2 Å². The number of phenolic OH excluding ortho intramolecular Hbond substituents is 1. The summed E-state index contributed by atoms with van der Waals surface area (Å²) in [6.07, 6.45) is 0. The molecule has 6 heteroatoms. The van der Waals surface area contributed by atoms with Crippen molar-refractivity contribution in [2.45, 2.75) is 19.9 Å². The number of benzene rings is 1. The molecule has 2 rings (SSSR count). The molecule has 0 bridgehead atoms. The van der Waals surface area contributed by atoms with E-state index >= 15 is 0 Å². The molecule has 1 aromatic rings. The van der Waals surface area contributed by atoms with Gasteiger partial charge in [-0.2, -0.15) is 0 Å². The van der Waals surface area contributed by atoms with Gasteiger partial charge in [0, 0.05) is 56.6 Å². The summed E-state index contributed by atoms with van der Waals surface area (Å²) in [5.74, 6) is 0.275. The minimum absolute atomic E-state index is 0. The highest BCUT2D eigenvalue weighted by Gasteiger charge is 2.24. The standard InChI is InChI=1S/C16H27N3O2.ClH/c1-3-18(4-2)13-5-6-14(16(21)11-13)15(12-20)19-9-7-17-8-10-19;/h5-6,11,15,17,20-21H,3-4,7-10,12H2,1-2H3;1H/t15-;/m0./s1. The van der Waals surface area contributed by atoms with E-state index in [9.17, 15) is 10.2 Å². The summed E-state index contributed by atoms with van der Waals surface area (Å²) in [5, 5.41) is 23.4. The molecule has 1 aromatic carbocycles. The lowest BCUT2D eigenvalue weighted by Crippen LogP contribution is -2.46. The number of phenols is 1. The summed E-state index contributed by atoms with van der Waals surface area (Å²) in [6, 6.07) is 5.67. The van der Waals surface area contributed by atoms with Crippen LogP contribution in [0.3, 0.4) is 0 Å². The number of anilines is 1. The van der Waals surface area contributed by atoms with Gasteiger partial charge in [-0.25, -0.2) is 0 Å². The molecule has 5 nitrogen and oxygen atoms in total. The highest BCUT2D eigenvalue weighted by molar-refractivity contribution is 5.85. The van der Waals surface area contributed by atoms with Crippen LogP contribution in [0.2, 0.25) is 0 Å². The maximum atomic E-state index is 10.4. The third kappa shape index (κ3) is 4.26. The summed E-state index contributed by atoms with van der Waals surface area (Å²) in [7, 11) is 0. The van der Waals surface area contributed by atoms with E-state index < -0.39 is 0 Å². The number of piperazine rings is 1. The van der Waals surface area contributed by atoms with Crippen molar-refractivity contribution >= 4 is 18.1 Å². The fourth-order valence-electron chi connectivity index (χ4n) is 3.00. The Balaban J connectivity index is 0.00000242. The van der Waals surface area contributed by atoms with Crippen molar-refractivity contribution < 1.29 is 10.2 Å².